The molecule has 0 spiro atoms. The summed E-state index contributed by atoms with van der Waals surface area (Å²) in [5.74, 6) is 0.184. The van der Waals surface area contributed by atoms with E-state index in [9.17, 15) is 14.0 Å². The van der Waals surface area contributed by atoms with Gasteiger partial charge in [0.15, 0.2) is 5.16 Å². The lowest BCUT2D eigenvalue weighted by molar-refractivity contribution is -0.113. The van der Waals surface area contributed by atoms with Crippen molar-refractivity contribution >= 4 is 40.9 Å². The molecular weight excluding hydrogens is 457 g/mol. The molecule has 3 aromatic rings. The smallest absolute Gasteiger partial charge is 0.251 e. The zero-order valence-corrected chi connectivity index (χ0v) is 19.0. The topological polar surface area (TPSA) is 98.1 Å². The molecule has 0 unspecified atom stereocenters. The number of aromatic nitrogens is 3. The molecular formula is C21H21ClFN5O3S. The molecule has 0 bridgehead atoms. The minimum atomic E-state index is -0.603. The van der Waals surface area contributed by atoms with E-state index in [1.807, 2.05) is 0 Å². The molecule has 0 fully saturated rings. The van der Waals surface area contributed by atoms with Gasteiger partial charge in [0.1, 0.15) is 17.4 Å². The maximum absolute atomic E-state index is 13.8. The number of hydrogen-bond acceptors (Lipinski definition) is 6. The summed E-state index contributed by atoms with van der Waals surface area (Å²) in [6, 6.07) is 10.8. The third-order valence-corrected chi connectivity index (χ3v) is 5.70. The van der Waals surface area contributed by atoms with Gasteiger partial charge in [-0.15, -0.1) is 10.2 Å². The quantitative estimate of drug-likeness (QED) is 0.459. The van der Waals surface area contributed by atoms with E-state index in [-0.39, 0.29) is 28.3 Å². The Morgan fingerprint density at radius 1 is 1.19 bits per heavy atom. The summed E-state index contributed by atoms with van der Waals surface area (Å²) < 4.78 is 20.6. The Kier molecular flexibility index (Phi) is 8.07. The summed E-state index contributed by atoms with van der Waals surface area (Å²) >= 11 is 6.88. The van der Waals surface area contributed by atoms with Crippen molar-refractivity contribution < 1.29 is 18.7 Å². The van der Waals surface area contributed by atoms with E-state index in [1.165, 1.54) is 23.9 Å². The highest BCUT2D eigenvalue weighted by Crippen LogP contribution is 2.20. The summed E-state index contributed by atoms with van der Waals surface area (Å²) in [6.07, 6.45) is 0.466. The van der Waals surface area contributed by atoms with E-state index >= 15 is 0 Å². The van der Waals surface area contributed by atoms with E-state index in [0.29, 0.717) is 35.3 Å². The average molecular weight is 478 g/mol. The van der Waals surface area contributed by atoms with Gasteiger partial charge in [0, 0.05) is 30.6 Å². The molecule has 1 heterocycles. The number of carbonyl (C=O) groups excluding carboxylic acids is 2. The van der Waals surface area contributed by atoms with Gasteiger partial charge < -0.3 is 19.9 Å². The lowest BCUT2D eigenvalue weighted by Gasteiger charge is -2.07. The van der Waals surface area contributed by atoms with Crippen molar-refractivity contribution in [2.75, 3.05) is 24.7 Å². The van der Waals surface area contributed by atoms with Crippen LogP contribution in [0.1, 0.15) is 16.2 Å². The molecule has 32 heavy (non-hydrogen) atoms. The van der Waals surface area contributed by atoms with Crippen LogP contribution in [0.25, 0.3) is 0 Å². The Balaban J connectivity index is 1.47. The van der Waals surface area contributed by atoms with Crippen LogP contribution in [0, 0.1) is 5.82 Å². The predicted octanol–water partition coefficient (Wildman–Crippen LogP) is 3.32. The molecule has 0 aliphatic carbocycles. The van der Waals surface area contributed by atoms with E-state index in [4.69, 9.17) is 16.3 Å². The first-order chi connectivity index (χ1) is 15.4. The zero-order valence-electron chi connectivity index (χ0n) is 17.4. The largest absolute Gasteiger partial charge is 0.497 e. The fraction of sp³-hybridized carbons (Fsp3) is 0.238. The number of nitrogens with zero attached hydrogens (tertiary/aromatic N) is 3. The predicted molar refractivity (Wildman–Crippen MR) is 121 cm³/mol. The molecule has 8 nitrogen and oxygen atoms in total. The van der Waals surface area contributed by atoms with Crippen molar-refractivity contribution in [3.05, 3.63) is 64.7 Å². The van der Waals surface area contributed by atoms with Gasteiger partial charge in [0.25, 0.3) is 5.91 Å². The van der Waals surface area contributed by atoms with Gasteiger partial charge in [-0.1, -0.05) is 23.4 Å². The number of halogens is 2. The maximum atomic E-state index is 13.8. The molecule has 11 heteroatoms. The second kappa shape index (κ2) is 11.0. The Morgan fingerprint density at radius 3 is 2.62 bits per heavy atom. The van der Waals surface area contributed by atoms with E-state index in [1.54, 1.807) is 43.0 Å². The first-order valence-corrected chi connectivity index (χ1v) is 10.9. The van der Waals surface area contributed by atoms with Gasteiger partial charge in [-0.25, -0.2) is 4.39 Å². The maximum Gasteiger partial charge on any atom is 0.251 e. The summed E-state index contributed by atoms with van der Waals surface area (Å²) in [6.45, 7) is 0.373. The van der Waals surface area contributed by atoms with Crippen molar-refractivity contribution in [3.8, 4) is 5.75 Å². The van der Waals surface area contributed by atoms with Gasteiger partial charge >= 0.3 is 0 Å². The van der Waals surface area contributed by atoms with Crippen molar-refractivity contribution in [3.63, 3.8) is 0 Å². The van der Waals surface area contributed by atoms with Gasteiger partial charge in [-0.2, -0.15) is 0 Å². The third-order valence-electron chi connectivity index (χ3n) is 4.45. The molecule has 0 atom stereocenters. The van der Waals surface area contributed by atoms with Crippen LogP contribution in [0.2, 0.25) is 5.02 Å². The lowest BCUT2D eigenvalue weighted by Crippen LogP contribution is -2.26. The van der Waals surface area contributed by atoms with E-state index in [0.717, 1.165) is 6.07 Å². The van der Waals surface area contributed by atoms with Crippen LogP contribution in [0.4, 0.5) is 10.1 Å². The van der Waals surface area contributed by atoms with Crippen LogP contribution < -0.4 is 15.4 Å². The van der Waals surface area contributed by atoms with Crippen LogP contribution in [0.3, 0.4) is 0 Å². The first kappa shape index (κ1) is 23.6. The minimum Gasteiger partial charge on any atom is -0.497 e. The fourth-order valence-electron chi connectivity index (χ4n) is 2.73. The van der Waals surface area contributed by atoms with Crippen molar-refractivity contribution in [2.24, 2.45) is 7.05 Å². The summed E-state index contributed by atoms with van der Waals surface area (Å²) in [4.78, 5) is 24.3. The number of ether oxygens (including phenoxy) is 1. The third kappa shape index (κ3) is 6.21. The second-order valence-corrected chi connectivity index (χ2v) is 8.03. The summed E-state index contributed by atoms with van der Waals surface area (Å²) in [7, 11) is 3.34. The van der Waals surface area contributed by atoms with Crippen LogP contribution in [-0.2, 0) is 18.3 Å². The average Bonchev–Trinajstić information content (AvgIpc) is 3.13. The van der Waals surface area contributed by atoms with E-state index in [2.05, 4.69) is 20.8 Å². The first-order valence-electron chi connectivity index (χ1n) is 9.55. The zero-order chi connectivity index (χ0) is 23.1. The van der Waals surface area contributed by atoms with Gasteiger partial charge in [0.05, 0.1) is 18.6 Å². The van der Waals surface area contributed by atoms with Crippen LogP contribution >= 0.6 is 23.4 Å². The standard InChI is InChI=1S/C21H21ClFN5O3S/c1-28-18(9-10-24-20(30)13-3-6-15(31-2)7-4-13)26-27-21(28)32-12-19(29)25-17-8-5-14(22)11-16(17)23/h3-8,11H,9-10,12H2,1-2H3,(H,24,30)(H,25,29). The highest BCUT2D eigenvalue weighted by atomic mass is 35.5. The van der Waals surface area contributed by atoms with Gasteiger partial charge in [-0.3, -0.25) is 9.59 Å². The SMILES string of the molecule is COc1ccc(C(=O)NCCc2nnc(SCC(=O)Nc3ccc(Cl)cc3F)n2C)cc1. The number of hydrogen-bond donors (Lipinski definition) is 2. The number of thioether (sulfide) groups is 1. The number of anilines is 1. The molecule has 0 saturated carbocycles. The molecule has 2 amide bonds. The normalized spacial score (nSPS) is 10.6. The summed E-state index contributed by atoms with van der Waals surface area (Å²) in [5, 5.41) is 14.3. The Morgan fingerprint density at radius 2 is 1.94 bits per heavy atom. The van der Waals surface area contributed by atoms with Crippen LogP contribution in [-0.4, -0.2) is 46.0 Å². The number of methoxy groups -OCH3 is 1. The molecule has 168 valence electrons. The fourth-order valence-corrected chi connectivity index (χ4v) is 3.62. The molecule has 0 saturated heterocycles. The number of benzene rings is 2. The molecule has 0 aliphatic heterocycles. The van der Waals surface area contributed by atoms with Crippen LogP contribution in [0.15, 0.2) is 47.6 Å². The second-order valence-electron chi connectivity index (χ2n) is 6.65. The molecule has 2 aromatic carbocycles. The molecule has 0 aliphatic rings. The van der Waals surface area contributed by atoms with Crippen LogP contribution in [0.5, 0.6) is 5.75 Å². The van der Waals surface area contributed by atoms with Gasteiger partial charge in [0.2, 0.25) is 5.91 Å². The Hall–Kier alpha value is -3.11. The number of amides is 2. The number of nitrogens with one attached hydrogen (secondary N) is 2. The molecule has 3 rings (SSSR count). The lowest BCUT2D eigenvalue weighted by atomic mass is 10.2. The molecule has 0 radical (unpaired) electrons. The Labute approximate surface area is 193 Å². The number of rotatable bonds is 9. The van der Waals surface area contributed by atoms with Crippen molar-refractivity contribution in [1.29, 1.82) is 0 Å². The molecule has 2 N–H and O–H groups in total. The highest BCUT2D eigenvalue weighted by Gasteiger charge is 2.13. The highest BCUT2D eigenvalue weighted by molar-refractivity contribution is 7.99. The monoisotopic (exact) mass is 477 g/mol. The van der Waals surface area contributed by atoms with Crippen molar-refractivity contribution in [2.45, 2.75) is 11.6 Å². The summed E-state index contributed by atoms with van der Waals surface area (Å²) in [5.41, 5.74) is 0.592. The Bertz CT molecular complexity index is 1110. The van der Waals surface area contributed by atoms with Crippen molar-refractivity contribution in [1.82, 2.24) is 20.1 Å². The van der Waals surface area contributed by atoms with E-state index < -0.39 is 5.82 Å². The minimum absolute atomic E-state index is 0.0300. The van der Waals surface area contributed by atoms with Gasteiger partial charge in [-0.05, 0) is 42.5 Å². The number of carbonyl (C=O) groups is 2. The molecule has 1 aromatic heterocycles.